The van der Waals surface area contributed by atoms with E-state index in [4.69, 9.17) is 14.2 Å². The van der Waals surface area contributed by atoms with Gasteiger partial charge in [-0.2, -0.15) is 0 Å². The Kier molecular flexibility index (Phi) is 9.31. The standard InChI is InChI=1S/C24H32N2O6/c1-15(2)11-12-19(17(4)31-18-9-7-6-8-10-18)32-24(29)16(3)26-23(28)21-22(27)20(30-5)13-14-25-21/h6-10,13-17,19,27H,11-12H2,1-5H3,(H,26,28)/t16-,17-,19-/m0/s1. The van der Waals surface area contributed by atoms with Gasteiger partial charge in [-0.25, -0.2) is 9.78 Å². The van der Waals surface area contributed by atoms with Gasteiger partial charge in [-0.3, -0.25) is 4.79 Å². The molecule has 1 aromatic heterocycles. The number of methoxy groups -OCH3 is 1. The number of nitrogens with zero attached hydrogens (tertiary/aromatic N) is 1. The van der Waals surface area contributed by atoms with Crippen molar-refractivity contribution in [3.05, 3.63) is 48.3 Å². The number of hydrogen-bond donors (Lipinski definition) is 2. The molecule has 1 amide bonds. The average molecular weight is 445 g/mol. The molecule has 0 saturated heterocycles. The summed E-state index contributed by atoms with van der Waals surface area (Å²) in [6, 6.07) is 9.79. The summed E-state index contributed by atoms with van der Waals surface area (Å²) in [7, 11) is 1.37. The molecule has 2 aromatic rings. The van der Waals surface area contributed by atoms with Gasteiger partial charge in [-0.05, 0) is 44.7 Å². The van der Waals surface area contributed by atoms with Gasteiger partial charge in [0.05, 0.1) is 7.11 Å². The van der Waals surface area contributed by atoms with Crippen molar-refractivity contribution in [1.29, 1.82) is 0 Å². The van der Waals surface area contributed by atoms with E-state index in [-0.39, 0.29) is 17.5 Å². The van der Waals surface area contributed by atoms with E-state index in [9.17, 15) is 14.7 Å². The summed E-state index contributed by atoms with van der Waals surface area (Å²) in [5.41, 5.74) is -0.235. The van der Waals surface area contributed by atoms with Gasteiger partial charge in [0, 0.05) is 12.3 Å². The third-order valence-corrected chi connectivity index (χ3v) is 4.91. The number of para-hydroxylation sites is 1. The molecule has 0 saturated carbocycles. The van der Waals surface area contributed by atoms with Crippen LogP contribution in [0, 0.1) is 5.92 Å². The van der Waals surface area contributed by atoms with Crippen LogP contribution in [0.1, 0.15) is 51.0 Å². The first-order valence-electron chi connectivity index (χ1n) is 10.7. The minimum atomic E-state index is -0.958. The molecule has 174 valence electrons. The van der Waals surface area contributed by atoms with Gasteiger partial charge < -0.3 is 24.6 Å². The van der Waals surface area contributed by atoms with Crippen molar-refractivity contribution in [2.75, 3.05) is 7.11 Å². The molecule has 0 aliphatic heterocycles. The van der Waals surface area contributed by atoms with Crippen LogP contribution in [-0.4, -0.2) is 47.3 Å². The van der Waals surface area contributed by atoms with Gasteiger partial charge in [-0.1, -0.05) is 32.0 Å². The van der Waals surface area contributed by atoms with Gasteiger partial charge in [0.25, 0.3) is 5.91 Å². The Morgan fingerprint density at radius 3 is 2.38 bits per heavy atom. The molecule has 2 N–H and O–H groups in total. The minimum Gasteiger partial charge on any atom is -0.503 e. The van der Waals surface area contributed by atoms with Crippen molar-refractivity contribution in [1.82, 2.24) is 10.3 Å². The summed E-state index contributed by atoms with van der Waals surface area (Å²) in [4.78, 5) is 29.1. The Bertz CT molecular complexity index is 887. The van der Waals surface area contributed by atoms with Crippen LogP contribution in [-0.2, 0) is 9.53 Å². The maximum atomic E-state index is 12.7. The van der Waals surface area contributed by atoms with Crippen molar-refractivity contribution < 1.29 is 28.9 Å². The number of amides is 1. The molecule has 1 aromatic carbocycles. The Morgan fingerprint density at radius 1 is 1.06 bits per heavy atom. The highest BCUT2D eigenvalue weighted by Gasteiger charge is 2.28. The van der Waals surface area contributed by atoms with E-state index in [0.29, 0.717) is 18.1 Å². The second-order valence-electron chi connectivity index (χ2n) is 7.99. The summed E-state index contributed by atoms with van der Waals surface area (Å²) in [6.07, 6.45) is 1.93. The van der Waals surface area contributed by atoms with Crippen molar-refractivity contribution >= 4 is 11.9 Å². The van der Waals surface area contributed by atoms with Crippen molar-refractivity contribution in [2.45, 2.75) is 58.8 Å². The number of aromatic nitrogens is 1. The highest BCUT2D eigenvalue weighted by molar-refractivity contribution is 5.97. The quantitative estimate of drug-likeness (QED) is 0.509. The summed E-state index contributed by atoms with van der Waals surface area (Å²) in [5, 5.41) is 12.6. The SMILES string of the molecule is COc1ccnc(C(=O)N[C@@H](C)C(=O)O[C@@H](CCC(C)C)[C@H](C)Oc2ccccc2)c1O. The predicted molar refractivity (Wildman–Crippen MR) is 120 cm³/mol. The Balaban J connectivity index is 2.04. The summed E-state index contributed by atoms with van der Waals surface area (Å²) in [6.45, 7) is 7.56. The van der Waals surface area contributed by atoms with E-state index >= 15 is 0 Å². The molecule has 0 unspecified atom stereocenters. The molecule has 0 aliphatic rings. The molecule has 8 heteroatoms. The summed E-state index contributed by atoms with van der Waals surface area (Å²) >= 11 is 0. The molecule has 32 heavy (non-hydrogen) atoms. The maximum Gasteiger partial charge on any atom is 0.328 e. The molecular formula is C24H32N2O6. The number of aromatic hydroxyl groups is 1. The first-order valence-corrected chi connectivity index (χ1v) is 10.7. The lowest BCUT2D eigenvalue weighted by Crippen LogP contribution is -2.43. The number of benzene rings is 1. The molecule has 0 bridgehead atoms. The lowest BCUT2D eigenvalue weighted by Gasteiger charge is -2.27. The number of carbonyl (C=O) groups is 2. The van der Waals surface area contributed by atoms with E-state index in [1.165, 1.54) is 26.3 Å². The van der Waals surface area contributed by atoms with Crippen molar-refractivity contribution in [3.63, 3.8) is 0 Å². The fourth-order valence-corrected chi connectivity index (χ4v) is 3.02. The van der Waals surface area contributed by atoms with Crippen LogP contribution >= 0.6 is 0 Å². The molecule has 2 rings (SSSR count). The fraction of sp³-hybridized carbons (Fsp3) is 0.458. The second-order valence-corrected chi connectivity index (χ2v) is 7.99. The Morgan fingerprint density at radius 2 is 1.75 bits per heavy atom. The van der Waals surface area contributed by atoms with Crippen LogP contribution in [0.4, 0.5) is 0 Å². The molecule has 3 atom stereocenters. The first kappa shape index (κ1) is 25.0. The zero-order chi connectivity index (χ0) is 23.7. The topological polar surface area (TPSA) is 107 Å². The highest BCUT2D eigenvalue weighted by Crippen LogP contribution is 2.27. The van der Waals surface area contributed by atoms with Gasteiger partial charge in [0.15, 0.2) is 17.2 Å². The molecule has 0 aliphatic carbocycles. The number of rotatable bonds is 11. The number of pyridine rings is 1. The van der Waals surface area contributed by atoms with E-state index in [2.05, 4.69) is 24.1 Å². The molecule has 0 spiro atoms. The first-order chi connectivity index (χ1) is 15.2. The van der Waals surface area contributed by atoms with E-state index in [1.54, 1.807) is 0 Å². The molecule has 8 nitrogen and oxygen atoms in total. The normalized spacial score (nSPS) is 13.7. The number of nitrogens with one attached hydrogen (secondary N) is 1. The van der Waals surface area contributed by atoms with Crippen LogP contribution in [0.5, 0.6) is 17.2 Å². The average Bonchev–Trinajstić information content (AvgIpc) is 2.76. The van der Waals surface area contributed by atoms with Gasteiger partial charge >= 0.3 is 5.97 Å². The minimum absolute atomic E-state index is 0.112. The third-order valence-electron chi connectivity index (χ3n) is 4.91. The lowest BCUT2D eigenvalue weighted by molar-refractivity contribution is -0.156. The second kappa shape index (κ2) is 11.9. The van der Waals surface area contributed by atoms with Crippen molar-refractivity contribution in [3.8, 4) is 17.2 Å². The van der Waals surface area contributed by atoms with Gasteiger partial charge in [-0.15, -0.1) is 0 Å². The van der Waals surface area contributed by atoms with Crippen LogP contribution in [0.2, 0.25) is 0 Å². The van der Waals surface area contributed by atoms with Gasteiger partial charge in [0.1, 0.15) is 24.0 Å². The van der Waals surface area contributed by atoms with E-state index < -0.39 is 29.8 Å². The summed E-state index contributed by atoms with van der Waals surface area (Å²) < 4.78 is 16.7. The molecule has 0 radical (unpaired) electrons. The predicted octanol–water partition coefficient (Wildman–Crippen LogP) is 3.73. The monoisotopic (exact) mass is 444 g/mol. The van der Waals surface area contributed by atoms with Crippen LogP contribution in [0.15, 0.2) is 42.6 Å². The Hall–Kier alpha value is -3.29. The van der Waals surface area contributed by atoms with Crippen LogP contribution in [0.3, 0.4) is 0 Å². The smallest absolute Gasteiger partial charge is 0.328 e. The molecular weight excluding hydrogens is 412 g/mol. The van der Waals surface area contributed by atoms with Gasteiger partial charge in [0.2, 0.25) is 0 Å². The van der Waals surface area contributed by atoms with Crippen LogP contribution < -0.4 is 14.8 Å². The largest absolute Gasteiger partial charge is 0.503 e. The Labute approximate surface area is 188 Å². The fourth-order valence-electron chi connectivity index (χ4n) is 3.02. The van der Waals surface area contributed by atoms with Crippen LogP contribution in [0.25, 0.3) is 0 Å². The maximum absolute atomic E-state index is 12.7. The van der Waals surface area contributed by atoms with E-state index in [0.717, 1.165) is 6.42 Å². The molecule has 1 heterocycles. The number of hydrogen-bond acceptors (Lipinski definition) is 7. The van der Waals surface area contributed by atoms with Crippen molar-refractivity contribution in [2.24, 2.45) is 5.92 Å². The zero-order valence-electron chi connectivity index (χ0n) is 19.2. The third kappa shape index (κ3) is 7.14. The number of ether oxygens (including phenoxy) is 3. The summed E-state index contributed by atoms with van der Waals surface area (Å²) in [5.74, 6) is -0.476. The van der Waals surface area contributed by atoms with E-state index in [1.807, 2.05) is 37.3 Å². The molecule has 0 fully saturated rings. The lowest BCUT2D eigenvalue weighted by atomic mass is 10.0. The zero-order valence-corrected chi connectivity index (χ0v) is 19.2. The number of carbonyl (C=O) groups excluding carboxylic acids is 2. The highest BCUT2D eigenvalue weighted by atomic mass is 16.6. The number of esters is 1.